The van der Waals surface area contributed by atoms with Crippen molar-refractivity contribution in [3.63, 3.8) is 0 Å². The molecule has 0 spiro atoms. The van der Waals surface area contributed by atoms with Gasteiger partial charge in [-0.05, 0) is 19.3 Å². The maximum atomic E-state index is 11.4. The summed E-state index contributed by atoms with van der Waals surface area (Å²) in [6.45, 7) is 4.75. The molecule has 0 bridgehead atoms. The van der Waals surface area contributed by atoms with Crippen molar-refractivity contribution in [1.82, 2.24) is 4.98 Å². The van der Waals surface area contributed by atoms with Crippen LogP contribution in [0.15, 0.2) is 6.20 Å². The number of hydrogen-bond donors (Lipinski definition) is 0. The third kappa shape index (κ3) is 3.67. The van der Waals surface area contributed by atoms with Gasteiger partial charge in [0.05, 0.1) is 19.4 Å². The van der Waals surface area contributed by atoms with Gasteiger partial charge in [0.1, 0.15) is 4.88 Å². The molecule has 0 N–H and O–H groups in total. The predicted octanol–water partition coefficient (Wildman–Crippen LogP) is 2.33. The normalized spacial score (nSPS) is 19.5. The van der Waals surface area contributed by atoms with Gasteiger partial charge in [-0.15, -0.1) is 0 Å². The van der Waals surface area contributed by atoms with Crippen molar-refractivity contribution >= 4 is 22.4 Å². The van der Waals surface area contributed by atoms with Crippen LogP contribution in [-0.4, -0.2) is 43.9 Å². The number of ether oxygens (including phenoxy) is 2. The summed E-state index contributed by atoms with van der Waals surface area (Å²) in [5, 5.41) is 0.880. The highest BCUT2D eigenvalue weighted by atomic mass is 32.1. The van der Waals surface area contributed by atoms with Crippen LogP contribution in [0.25, 0.3) is 0 Å². The lowest BCUT2D eigenvalue weighted by Gasteiger charge is -2.32. The molecule has 19 heavy (non-hydrogen) atoms. The molecule has 0 aliphatic carbocycles. The number of anilines is 1. The van der Waals surface area contributed by atoms with Crippen LogP contribution in [0.4, 0.5) is 5.13 Å². The molecule has 1 aliphatic heterocycles. The van der Waals surface area contributed by atoms with Gasteiger partial charge in [-0.25, -0.2) is 9.78 Å². The smallest absolute Gasteiger partial charge is 0.349 e. The fourth-order valence-electron chi connectivity index (χ4n) is 2.14. The Kier molecular flexibility index (Phi) is 5.15. The Morgan fingerprint density at radius 2 is 2.47 bits per heavy atom. The fourth-order valence-corrected chi connectivity index (χ4v) is 3.01. The summed E-state index contributed by atoms with van der Waals surface area (Å²) in [5.74, 6) is -0.320. The van der Waals surface area contributed by atoms with Gasteiger partial charge >= 0.3 is 5.97 Å². The van der Waals surface area contributed by atoms with Gasteiger partial charge in [0.25, 0.3) is 0 Å². The van der Waals surface area contributed by atoms with E-state index in [1.54, 1.807) is 6.20 Å². The van der Waals surface area contributed by atoms with Gasteiger partial charge in [0, 0.05) is 19.7 Å². The quantitative estimate of drug-likeness (QED) is 0.777. The number of nitrogens with zero attached hydrogens (tertiary/aromatic N) is 2. The van der Waals surface area contributed by atoms with Crippen LogP contribution in [0.5, 0.6) is 0 Å². The SMILES string of the molecule is CCCOC1CCCN(c2ncc(C(=O)OC)s2)C1. The first kappa shape index (κ1) is 14.3. The number of esters is 1. The van der Waals surface area contributed by atoms with Gasteiger partial charge in [-0.3, -0.25) is 0 Å². The molecule has 0 saturated carbocycles. The van der Waals surface area contributed by atoms with E-state index in [-0.39, 0.29) is 12.1 Å². The zero-order valence-corrected chi connectivity index (χ0v) is 12.2. The lowest BCUT2D eigenvalue weighted by Crippen LogP contribution is -2.39. The number of hydrogen-bond acceptors (Lipinski definition) is 6. The van der Waals surface area contributed by atoms with Crippen LogP contribution in [0, 0.1) is 0 Å². The molecule has 1 saturated heterocycles. The molecule has 0 aromatic carbocycles. The van der Waals surface area contributed by atoms with E-state index in [1.165, 1.54) is 18.4 Å². The van der Waals surface area contributed by atoms with E-state index in [4.69, 9.17) is 9.47 Å². The van der Waals surface area contributed by atoms with Crippen molar-refractivity contribution in [3.05, 3.63) is 11.1 Å². The summed E-state index contributed by atoms with van der Waals surface area (Å²) in [7, 11) is 1.39. The molecule has 2 heterocycles. The van der Waals surface area contributed by atoms with Crippen molar-refractivity contribution in [2.24, 2.45) is 0 Å². The number of thiazole rings is 1. The molecule has 106 valence electrons. The first-order valence-corrected chi connectivity index (χ1v) is 7.47. The highest BCUT2D eigenvalue weighted by Gasteiger charge is 2.23. The van der Waals surface area contributed by atoms with E-state index in [0.29, 0.717) is 4.88 Å². The molecule has 0 radical (unpaired) electrons. The summed E-state index contributed by atoms with van der Waals surface area (Å²) in [4.78, 5) is 18.5. The first-order valence-electron chi connectivity index (χ1n) is 6.65. The number of rotatable bonds is 5. The van der Waals surface area contributed by atoms with Gasteiger partial charge in [0.15, 0.2) is 5.13 Å². The average molecular weight is 284 g/mol. The molecular weight excluding hydrogens is 264 g/mol. The summed E-state index contributed by atoms with van der Waals surface area (Å²) in [6.07, 6.45) is 5.11. The van der Waals surface area contributed by atoms with Crippen LogP contribution in [0.2, 0.25) is 0 Å². The maximum Gasteiger partial charge on any atom is 0.349 e. The lowest BCUT2D eigenvalue weighted by atomic mass is 10.1. The highest BCUT2D eigenvalue weighted by Crippen LogP contribution is 2.26. The number of aromatic nitrogens is 1. The zero-order chi connectivity index (χ0) is 13.7. The molecule has 1 aromatic heterocycles. The molecule has 5 nitrogen and oxygen atoms in total. The molecular formula is C13H20N2O3S. The summed E-state index contributed by atoms with van der Waals surface area (Å²) in [5.41, 5.74) is 0. The minimum Gasteiger partial charge on any atom is -0.465 e. The average Bonchev–Trinajstić information content (AvgIpc) is 2.94. The van der Waals surface area contributed by atoms with E-state index in [9.17, 15) is 4.79 Å². The van der Waals surface area contributed by atoms with Gasteiger partial charge < -0.3 is 14.4 Å². The number of piperidine rings is 1. The Hall–Kier alpha value is -1.14. The second-order valence-corrected chi connectivity index (χ2v) is 5.59. The maximum absolute atomic E-state index is 11.4. The lowest BCUT2D eigenvalue weighted by molar-refractivity contribution is 0.0440. The third-order valence-electron chi connectivity index (χ3n) is 3.09. The monoisotopic (exact) mass is 284 g/mol. The second-order valence-electron chi connectivity index (χ2n) is 4.58. The Labute approximate surface area is 117 Å². The summed E-state index contributed by atoms with van der Waals surface area (Å²) >= 11 is 1.38. The van der Waals surface area contributed by atoms with Crippen LogP contribution in [0.1, 0.15) is 35.9 Å². The van der Waals surface area contributed by atoms with Crippen molar-refractivity contribution in [1.29, 1.82) is 0 Å². The topological polar surface area (TPSA) is 51.7 Å². The minimum atomic E-state index is -0.320. The minimum absolute atomic E-state index is 0.277. The van der Waals surface area contributed by atoms with Crippen LogP contribution < -0.4 is 4.90 Å². The third-order valence-corrected chi connectivity index (χ3v) is 4.12. The molecule has 1 atom stereocenters. The highest BCUT2D eigenvalue weighted by molar-refractivity contribution is 7.17. The van der Waals surface area contributed by atoms with E-state index in [2.05, 4.69) is 16.8 Å². The summed E-state index contributed by atoms with van der Waals surface area (Å²) in [6, 6.07) is 0. The van der Waals surface area contributed by atoms with Crippen LogP contribution in [-0.2, 0) is 9.47 Å². The second kappa shape index (κ2) is 6.86. The van der Waals surface area contributed by atoms with Crippen molar-refractivity contribution in [3.8, 4) is 0 Å². The number of carbonyl (C=O) groups excluding carboxylic acids is 1. The van der Waals surface area contributed by atoms with Crippen molar-refractivity contribution in [2.75, 3.05) is 31.7 Å². The Morgan fingerprint density at radius 1 is 1.63 bits per heavy atom. The van der Waals surface area contributed by atoms with Crippen molar-refractivity contribution < 1.29 is 14.3 Å². The Morgan fingerprint density at radius 3 is 3.21 bits per heavy atom. The van der Waals surface area contributed by atoms with Gasteiger partial charge in [0.2, 0.25) is 0 Å². The Bertz CT molecular complexity index is 422. The van der Waals surface area contributed by atoms with Crippen LogP contribution >= 0.6 is 11.3 Å². The molecule has 1 unspecified atom stereocenters. The Balaban J connectivity index is 1.97. The molecule has 0 amide bonds. The number of carbonyl (C=O) groups is 1. The van der Waals surface area contributed by atoms with E-state index in [0.717, 1.165) is 44.1 Å². The molecule has 1 aliphatic rings. The van der Waals surface area contributed by atoms with E-state index < -0.39 is 0 Å². The largest absolute Gasteiger partial charge is 0.465 e. The van der Waals surface area contributed by atoms with Gasteiger partial charge in [-0.1, -0.05) is 18.3 Å². The zero-order valence-electron chi connectivity index (χ0n) is 11.4. The van der Waals surface area contributed by atoms with E-state index in [1.807, 2.05) is 0 Å². The molecule has 6 heteroatoms. The standard InChI is InChI=1S/C13H20N2O3S/c1-3-7-18-10-5-4-6-15(9-10)13-14-8-11(19-13)12(16)17-2/h8,10H,3-7,9H2,1-2H3. The summed E-state index contributed by atoms with van der Waals surface area (Å²) < 4.78 is 10.5. The number of methoxy groups -OCH3 is 1. The molecule has 1 fully saturated rings. The van der Waals surface area contributed by atoms with E-state index >= 15 is 0 Å². The van der Waals surface area contributed by atoms with Gasteiger partial charge in [-0.2, -0.15) is 0 Å². The first-order chi connectivity index (χ1) is 9.24. The molecule has 1 aromatic rings. The fraction of sp³-hybridized carbons (Fsp3) is 0.692. The van der Waals surface area contributed by atoms with Crippen molar-refractivity contribution in [2.45, 2.75) is 32.3 Å². The van der Waals surface area contributed by atoms with Crippen LogP contribution in [0.3, 0.4) is 0 Å². The molecule has 2 rings (SSSR count). The predicted molar refractivity (Wildman–Crippen MR) is 74.9 cm³/mol.